The molecule has 0 aromatic carbocycles. The van der Waals surface area contributed by atoms with E-state index in [-0.39, 0.29) is 0 Å². The first-order chi connectivity index (χ1) is 5.91. The molecule has 0 radical (unpaired) electrons. The minimum absolute atomic E-state index is 1.50. The fourth-order valence-corrected chi connectivity index (χ4v) is 0.537. The molecular weight excluding hydrogens is 148 g/mol. The minimum Gasteiger partial charge on any atom is -0.405 e. The van der Waals surface area contributed by atoms with Crippen molar-refractivity contribution >= 4 is 6.21 Å². The second-order valence-electron chi connectivity index (χ2n) is 1.99. The van der Waals surface area contributed by atoms with Gasteiger partial charge in [0, 0.05) is 6.08 Å². The highest BCUT2D eigenvalue weighted by atomic mass is 14.6. The highest BCUT2D eigenvalue weighted by molar-refractivity contribution is 5.65. The summed E-state index contributed by atoms with van der Waals surface area (Å²) in [5.74, 6) is 0. The molecular formula is C10H15N2+. The van der Waals surface area contributed by atoms with Crippen LogP contribution in [0.5, 0.6) is 0 Å². The van der Waals surface area contributed by atoms with Gasteiger partial charge in [0.25, 0.3) is 0 Å². The monoisotopic (exact) mass is 163 g/mol. The number of nitrogens with two attached hydrogens (primary N) is 1. The summed E-state index contributed by atoms with van der Waals surface area (Å²) in [6, 6.07) is 0. The average Bonchev–Trinajstić information content (AvgIpc) is 2.10. The topological polar surface area (TPSA) is 40.0 Å². The van der Waals surface area contributed by atoms with Crippen LogP contribution in [0.1, 0.15) is 0 Å². The zero-order valence-electron chi connectivity index (χ0n) is 7.27. The first-order valence-electron chi connectivity index (χ1n) is 3.79. The summed E-state index contributed by atoms with van der Waals surface area (Å²) in [4.78, 5) is 2.89. The normalized spacial score (nSPS) is 13.8. The summed E-state index contributed by atoms with van der Waals surface area (Å²) < 4.78 is 0. The summed E-state index contributed by atoms with van der Waals surface area (Å²) in [6.45, 7) is 0. The van der Waals surface area contributed by atoms with Crippen molar-refractivity contribution in [2.24, 2.45) is 5.73 Å². The van der Waals surface area contributed by atoms with Crippen molar-refractivity contribution in [3.63, 3.8) is 0 Å². The van der Waals surface area contributed by atoms with Crippen molar-refractivity contribution < 1.29 is 4.99 Å². The van der Waals surface area contributed by atoms with Gasteiger partial charge < -0.3 is 5.73 Å². The van der Waals surface area contributed by atoms with Gasteiger partial charge in [-0.2, -0.15) is 0 Å². The molecule has 12 heavy (non-hydrogen) atoms. The fourth-order valence-electron chi connectivity index (χ4n) is 0.537. The van der Waals surface area contributed by atoms with Gasteiger partial charge in [0.05, 0.1) is 0 Å². The molecule has 0 aliphatic carbocycles. The SMILES string of the molecule is C[NH+]=C/C=C/C=C/C=C/C=C/N. The first-order valence-corrected chi connectivity index (χ1v) is 3.79. The van der Waals surface area contributed by atoms with Gasteiger partial charge in [-0.1, -0.05) is 30.4 Å². The molecule has 0 bridgehead atoms. The molecule has 0 aliphatic heterocycles. The van der Waals surface area contributed by atoms with E-state index in [9.17, 15) is 0 Å². The Morgan fingerprint density at radius 2 is 1.33 bits per heavy atom. The Kier molecular flexibility index (Phi) is 8.20. The Bertz CT molecular complexity index is 196. The van der Waals surface area contributed by atoms with Gasteiger partial charge in [-0.3, -0.25) is 4.99 Å². The lowest BCUT2D eigenvalue weighted by atomic mass is 10.4. The van der Waals surface area contributed by atoms with Crippen molar-refractivity contribution in [3.8, 4) is 0 Å². The van der Waals surface area contributed by atoms with Gasteiger partial charge >= 0.3 is 0 Å². The molecule has 2 heteroatoms. The van der Waals surface area contributed by atoms with Crippen molar-refractivity contribution in [2.75, 3.05) is 7.05 Å². The summed E-state index contributed by atoms with van der Waals surface area (Å²) in [5.41, 5.74) is 5.13. The predicted octanol–water partition coefficient (Wildman–Crippen LogP) is -0.0914. The third kappa shape index (κ3) is 8.43. The van der Waals surface area contributed by atoms with Crippen LogP contribution in [0, 0.1) is 0 Å². The molecule has 0 aliphatic rings. The molecule has 0 aromatic rings. The molecule has 3 N–H and O–H groups in total. The van der Waals surface area contributed by atoms with E-state index in [2.05, 4.69) is 4.99 Å². The van der Waals surface area contributed by atoms with E-state index in [4.69, 9.17) is 5.73 Å². The molecule has 0 saturated carbocycles. The number of rotatable bonds is 4. The summed E-state index contributed by atoms with van der Waals surface area (Å²) in [6.07, 6.45) is 16.6. The van der Waals surface area contributed by atoms with E-state index in [1.54, 1.807) is 6.08 Å². The number of hydrogen-bond donors (Lipinski definition) is 2. The van der Waals surface area contributed by atoms with Gasteiger partial charge in [0.2, 0.25) is 0 Å². The molecule has 2 nitrogen and oxygen atoms in total. The predicted molar refractivity (Wildman–Crippen MR) is 53.7 cm³/mol. The molecule has 0 heterocycles. The minimum atomic E-state index is 1.50. The van der Waals surface area contributed by atoms with E-state index in [0.29, 0.717) is 0 Å². The van der Waals surface area contributed by atoms with Gasteiger partial charge in [-0.25, -0.2) is 0 Å². The molecule has 0 aromatic heterocycles. The maximum Gasteiger partial charge on any atom is 0.161 e. The Balaban J connectivity index is 3.62. The molecule has 0 fully saturated rings. The van der Waals surface area contributed by atoms with E-state index in [0.717, 1.165) is 0 Å². The van der Waals surface area contributed by atoms with Gasteiger partial charge in [0.1, 0.15) is 7.05 Å². The van der Waals surface area contributed by atoms with Crippen LogP contribution in [0.3, 0.4) is 0 Å². The van der Waals surface area contributed by atoms with Gasteiger partial charge in [-0.05, 0) is 12.3 Å². The Morgan fingerprint density at radius 3 is 1.83 bits per heavy atom. The van der Waals surface area contributed by atoms with Crippen molar-refractivity contribution in [1.82, 2.24) is 0 Å². The summed E-state index contributed by atoms with van der Waals surface area (Å²) in [7, 11) is 1.86. The molecule has 0 rings (SSSR count). The number of nitrogens with one attached hydrogen (secondary N) is 1. The van der Waals surface area contributed by atoms with Crippen LogP contribution in [-0.4, -0.2) is 13.3 Å². The molecule has 0 amide bonds. The maximum absolute atomic E-state index is 5.13. The molecule has 0 unspecified atom stereocenters. The second-order valence-corrected chi connectivity index (χ2v) is 1.99. The lowest BCUT2D eigenvalue weighted by Crippen LogP contribution is -2.62. The van der Waals surface area contributed by atoms with Crippen LogP contribution in [0.15, 0.2) is 48.7 Å². The fraction of sp³-hybridized carbons (Fsp3) is 0.100. The van der Waals surface area contributed by atoms with Crippen LogP contribution in [-0.2, 0) is 0 Å². The quantitative estimate of drug-likeness (QED) is 0.441. The standard InChI is InChI=1S/C10H14N2/c1-12-10-8-6-4-2-3-5-7-9-11/h2-10H,11H2,1H3/p+1/b4-2+,5-3+,8-6+,9-7+,12-10?. The average molecular weight is 163 g/mol. The van der Waals surface area contributed by atoms with Crippen LogP contribution in [0.4, 0.5) is 0 Å². The number of hydrogen-bond acceptors (Lipinski definition) is 1. The third-order valence-corrected chi connectivity index (χ3v) is 1.04. The van der Waals surface area contributed by atoms with Crippen LogP contribution in [0.25, 0.3) is 0 Å². The lowest BCUT2D eigenvalue weighted by Gasteiger charge is -1.71. The first kappa shape index (κ1) is 10.4. The van der Waals surface area contributed by atoms with Gasteiger partial charge in [0.15, 0.2) is 6.21 Å². The lowest BCUT2D eigenvalue weighted by molar-refractivity contribution is -0.413. The van der Waals surface area contributed by atoms with E-state index >= 15 is 0 Å². The van der Waals surface area contributed by atoms with E-state index in [1.165, 1.54) is 6.20 Å². The van der Waals surface area contributed by atoms with E-state index in [1.807, 2.05) is 49.7 Å². The molecule has 0 atom stereocenters. The Morgan fingerprint density at radius 1 is 0.833 bits per heavy atom. The number of allylic oxidation sites excluding steroid dienone is 7. The van der Waals surface area contributed by atoms with Crippen LogP contribution in [0.2, 0.25) is 0 Å². The van der Waals surface area contributed by atoms with Crippen LogP contribution < -0.4 is 10.7 Å². The molecule has 0 spiro atoms. The zero-order chi connectivity index (χ0) is 9.07. The van der Waals surface area contributed by atoms with Crippen molar-refractivity contribution in [2.45, 2.75) is 0 Å². The zero-order valence-corrected chi connectivity index (χ0v) is 7.27. The van der Waals surface area contributed by atoms with Gasteiger partial charge in [-0.15, -0.1) is 0 Å². The second kappa shape index (κ2) is 9.43. The highest BCUT2D eigenvalue weighted by Crippen LogP contribution is 1.79. The third-order valence-electron chi connectivity index (χ3n) is 1.04. The Hall–Kier alpha value is -1.57. The van der Waals surface area contributed by atoms with Crippen LogP contribution >= 0.6 is 0 Å². The Labute approximate surface area is 73.5 Å². The maximum atomic E-state index is 5.13. The van der Waals surface area contributed by atoms with Crippen molar-refractivity contribution in [3.05, 3.63) is 48.7 Å². The largest absolute Gasteiger partial charge is 0.405 e. The summed E-state index contributed by atoms with van der Waals surface area (Å²) in [5, 5.41) is 0. The van der Waals surface area contributed by atoms with E-state index < -0.39 is 0 Å². The molecule has 64 valence electrons. The highest BCUT2D eigenvalue weighted by Gasteiger charge is 1.63. The molecule has 0 saturated heterocycles. The van der Waals surface area contributed by atoms with Crippen molar-refractivity contribution in [1.29, 1.82) is 0 Å². The smallest absolute Gasteiger partial charge is 0.161 e. The summed E-state index contributed by atoms with van der Waals surface area (Å²) >= 11 is 0.